The SMILES string of the molecule is C/C=C/c1ccccc1OCc1csc(C(=O)Nc2nc(-c3cnn(C)c3C)cs2)c1. The summed E-state index contributed by atoms with van der Waals surface area (Å²) in [6.45, 7) is 4.37. The van der Waals surface area contributed by atoms with E-state index in [2.05, 4.69) is 15.4 Å². The lowest BCUT2D eigenvalue weighted by Crippen LogP contribution is -2.09. The first kappa shape index (κ1) is 21.0. The molecule has 0 radical (unpaired) electrons. The fourth-order valence-corrected chi connectivity index (χ4v) is 4.52. The molecule has 3 heterocycles. The summed E-state index contributed by atoms with van der Waals surface area (Å²) < 4.78 is 7.76. The second-order valence-electron chi connectivity index (χ2n) is 6.90. The Morgan fingerprint density at radius 2 is 2.10 bits per heavy atom. The number of rotatable bonds is 7. The van der Waals surface area contributed by atoms with Gasteiger partial charge in [0.15, 0.2) is 5.13 Å². The first-order chi connectivity index (χ1) is 15.0. The molecule has 0 saturated carbocycles. The van der Waals surface area contributed by atoms with Gasteiger partial charge < -0.3 is 4.74 Å². The molecule has 31 heavy (non-hydrogen) atoms. The van der Waals surface area contributed by atoms with Gasteiger partial charge in [-0.1, -0.05) is 30.4 Å². The molecule has 0 aliphatic heterocycles. The Kier molecular flexibility index (Phi) is 6.29. The van der Waals surface area contributed by atoms with Crippen molar-refractivity contribution < 1.29 is 9.53 Å². The Balaban J connectivity index is 1.39. The highest BCUT2D eigenvalue weighted by atomic mass is 32.1. The van der Waals surface area contributed by atoms with Gasteiger partial charge in [-0.3, -0.25) is 14.8 Å². The number of para-hydroxylation sites is 1. The molecule has 3 aromatic heterocycles. The molecule has 0 aliphatic rings. The van der Waals surface area contributed by atoms with E-state index < -0.39 is 0 Å². The molecule has 0 atom stereocenters. The van der Waals surface area contributed by atoms with E-state index in [9.17, 15) is 4.79 Å². The van der Waals surface area contributed by atoms with Gasteiger partial charge in [0.05, 0.1) is 16.8 Å². The molecular formula is C23H22N4O2S2. The predicted octanol–water partition coefficient (Wildman–Crippen LogP) is 5.78. The van der Waals surface area contributed by atoms with Crippen molar-refractivity contribution in [2.75, 3.05) is 5.32 Å². The summed E-state index contributed by atoms with van der Waals surface area (Å²) in [6.07, 6.45) is 5.78. The number of carbonyl (C=O) groups excluding carboxylic acids is 1. The molecule has 0 spiro atoms. The maximum atomic E-state index is 12.7. The first-order valence-electron chi connectivity index (χ1n) is 9.73. The number of aryl methyl sites for hydroxylation is 1. The van der Waals surface area contributed by atoms with Gasteiger partial charge in [-0.15, -0.1) is 22.7 Å². The van der Waals surface area contributed by atoms with Crippen LogP contribution < -0.4 is 10.1 Å². The first-order valence-corrected chi connectivity index (χ1v) is 11.5. The minimum absolute atomic E-state index is 0.172. The van der Waals surface area contributed by atoms with Crippen molar-refractivity contribution in [1.29, 1.82) is 0 Å². The van der Waals surface area contributed by atoms with Crippen LogP contribution in [0.25, 0.3) is 17.3 Å². The number of thiophene rings is 1. The van der Waals surface area contributed by atoms with Gasteiger partial charge in [0.2, 0.25) is 0 Å². The third kappa shape index (κ3) is 4.76. The summed E-state index contributed by atoms with van der Waals surface area (Å²) in [7, 11) is 1.89. The van der Waals surface area contributed by atoms with Crippen LogP contribution in [0.1, 0.15) is 33.4 Å². The van der Waals surface area contributed by atoms with Crippen LogP contribution in [0, 0.1) is 6.92 Å². The number of benzene rings is 1. The monoisotopic (exact) mass is 450 g/mol. The predicted molar refractivity (Wildman–Crippen MR) is 127 cm³/mol. The maximum Gasteiger partial charge on any atom is 0.267 e. The van der Waals surface area contributed by atoms with Gasteiger partial charge in [-0.2, -0.15) is 5.10 Å². The summed E-state index contributed by atoms with van der Waals surface area (Å²) >= 11 is 2.79. The van der Waals surface area contributed by atoms with Gasteiger partial charge >= 0.3 is 0 Å². The van der Waals surface area contributed by atoms with Crippen LogP contribution in [0.15, 0.2) is 53.4 Å². The second-order valence-corrected chi connectivity index (χ2v) is 8.67. The van der Waals surface area contributed by atoms with E-state index in [0.29, 0.717) is 16.6 Å². The fraction of sp³-hybridized carbons (Fsp3) is 0.174. The molecule has 8 heteroatoms. The third-order valence-electron chi connectivity index (χ3n) is 4.77. The highest BCUT2D eigenvalue weighted by Crippen LogP contribution is 2.28. The Hall–Kier alpha value is -3.23. The van der Waals surface area contributed by atoms with Crippen LogP contribution >= 0.6 is 22.7 Å². The number of anilines is 1. The summed E-state index contributed by atoms with van der Waals surface area (Å²) in [5.74, 6) is 0.646. The van der Waals surface area contributed by atoms with Crippen molar-refractivity contribution in [3.05, 3.63) is 75.1 Å². The molecule has 0 saturated heterocycles. The van der Waals surface area contributed by atoms with E-state index >= 15 is 0 Å². The lowest BCUT2D eigenvalue weighted by molar-refractivity contribution is 0.103. The van der Waals surface area contributed by atoms with Gasteiger partial charge in [0.25, 0.3) is 5.91 Å². The van der Waals surface area contributed by atoms with E-state index in [1.54, 1.807) is 10.9 Å². The zero-order valence-electron chi connectivity index (χ0n) is 17.5. The summed E-state index contributed by atoms with van der Waals surface area (Å²) in [6, 6.07) is 9.74. The van der Waals surface area contributed by atoms with E-state index in [1.807, 2.05) is 74.1 Å². The number of thiazole rings is 1. The lowest BCUT2D eigenvalue weighted by atomic mass is 10.2. The Morgan fingerprint density at radius 3 is 2.87 bits per heavy atom. The van der Waals surface area contributed by atoms with E-state index in [0.717, 1.165) is 33.8 Å². The number of allylic oxidation sites excluding steroid dienone is 1. The zero-order chi connectivity index (χ0) is 21.8. The van der Waals surface area contributed by atoms with E-state index in [4.69, 9.17) is 4.74 Å². The maximum absolute atomic E-state index is 12.7. The number of hydrogen-bond acceptors (Lipinski definition) is 6. The molecule has 6 nitrogen and oxygen atoms in total. The van der Waals surface area contributed by atoms with Crippen molar-refractivity contribution >= 4 is 39.8 Å². The molecule has 1 amide bonds. The topological polar surface area (TPSA) is 69.0 Å². The molecule has 0 fully saturated rings. The molecule has 4 rings (SSSR count). The quantitative estimate of drug-likeness (QED) is 0.388. The van der Waals surface area contributed by atoms with Crippen LogP contribution in [-0.2, 0) is 13.7 Å². The minimum atomic E-state index is -0.172. The minimum Gasteiger partial charge on any atom is -0.488 e. The molecule has 0 bridgehead atoms. The normalized spacial score (nSPS) is 11.2. The number of ether oxygens (including phenoxy) is 1. The van der Waals surface area contributed by atoms with Crippen LogP contribution in [-0.4, -0.2) is 20.7 Å². The van der Waals surface area contributed by atoms with Crippen molar-refractivity contribution in [3.63, 3.8) is 0 Å². The van der Waals surface area contributed by atoms with E-state index in [-0.39, 0.29) is 5.91 Å². The average Bonchev–Trinajstić information content (AvgIpc) is 3.49. The third-order valence-corrected chi connectivity index (χ3v) is 6.51. The fourth-order valence-electron chi connectivity index (χ4n) is 3.02. The van der Waals surface area contributed by atoms with Gasteiger partial charge in [-0.05, 0) is 31.4 Å². The summed E-state index contributed by atoms with van der Waals surface area (Å²) in [5.41, 5.74) is 4.79. The van der Waals surface area contributed by atoms with Crippen molar-refractivity contribution in [3.8, 4) is 17.0 Å². The van der Waals surface area contributed by atoms with Crippen LogP contribution in [0.3, 0.4) is 0 Å². The van der Waals surface area contributed by atoms with Crippen LogP contribution in [0.4, 0.5) is 5.13 Å². The van der Waals surface area contributed by atoms with Gasteiger partial charge in [0.1, 0.15) is 12.4 Å². The molecule has 1 aromatic carbocycles. The van der Waals surface area contributed by atoms with Crippen molar-refractivity contribution in [1.82, 2.24) is 14.8 Å². The lowest BCUT2D eigenvalue weighted by Gasteiger charge is -2.08. The van der Waals surface area contributed by atoms with E-state index in [1.165, 1.54) is 22.7 Å². The Labute approximate surface area is 188 Å². The molecule has 4 aromatic rings. The van der Waals surface area contributed by atoms with Gasteiger partial charge in [-0.25, -0.2) is 4.98 Å². The van der Waals surface area contributed by atoms with Gasteiger partial charge in [0, 0.05) is 34.8 Å². The second kappa shape index (κ2) is 9.28. The smallest absolute Gasteiger partial charge is 0.267 e. The largest absolute Gasteiger partial charge is 0.488 e. The highest BCUT2D eigenvalue weighted by molar-refractivity contribution is 7.14. The number of amides is 1. The van der Waals surface area contributed by atoms with Crippen LogP contribution in [0.2, 0.25) is 0 Å². The Morgan fingerprint density at radius 1 is 1.26 bits per heavy atom. The molecular weight excluding hydrogens is 428 g/mol. The average molecular weight is 451 g/mol. The summed E-state index contributed by atoms with van der Waals surface area (Å²) in [4.78, 5) is 17.8. The standard InChI is InChI=1S/C23H22N4O2S2/c1-4-7-17-8-5-6-9-20(17)29-12-16-10-21(30-13-16)22(28)26-23-25-19(14-31-23)18-11-24-27(3)15(18)2/h4-11,13-14H,12H2,1-3H3,(H,25,26,28)/b7-4+. The molecule has 158 valence electrons. The van der Waals surface area contributed by atoms with Crippen LogP contribution in [0.5, 0.6) is 5.75 Å². The molecule has 0 unspecified atom stereocenters. The number of hydrogen-bond donors (Lipinski definition) is 1. The highest BCUT2D eigenvalue weighted by Gasteiger charge is 2.15. The number of nitrogens with zero attached hydrogens (tertiary/aromatic N) is 3. The van der Waals surface area contributed by atoms with Crippen molar-refractivity contribution in [2.24, 2.45) is 7.05 Å². The Bertz CT molecular complexity index is 1240. The molecule has 0 aliphatic carbocycles. The molecule has 1 N–H and O–H groups in total. The van der Waals surface area contributed by atoms with Crippen molar-refractivity contribution in [2.45, 2.75) is 20.5 Å². The zero-order valence-corrected chi connectivity index (χ0v) is 19.1. The number of nitrogens with one attached hydrogen (secondary N) is 1. The number of carbonyl (C=O) groups is 1. The summed E-state index contributed by atoms with van der Waals surface area (Å²) in [5, 5.41) is 11.6. The number of aromatic nitrogens is 3.